The third-order valence-corrected chi connectivity index (χ3v) is 1.64. The van der Waals surface area contributed by atoms with Gasteiger partial charge in [-0.05, 0) is 18.2 Å². The molecule has 0 spiro atoms. The van der Waals surface area contributed by atoms with E-state index in [1.165, 1.54) is 0 Å². The number of rotatable bonds is 1. The second-order valence-corrected chi connectivity index (χ2v) is 2.41. The molecule has 0 aliphatic carbocycles. The fraction of sp³-hybridized carbons (Fsp3) is 0. The Bertz CT molecular complexity index is 366. The lowest BCUT2D eigenvalue weighted by Gasteiger charge is -1.98. The SMILES string of the molecule is Nc1nnccc1-c1ccc[nH]1. The summed E-state index contributed by atoms with van der Waals surface area (Å²) in [5, 5.41) is 7.41. The average molecular weight is 160 g/mol. The molecular formula is C8H8N4. The van der Waals surface area contributed by atoms with Crippen LogP contribution in [0.1, 0.15) is 0 Å². The van der Waals surface area contributed by atoms with E-state index >= 15 is 0 Å². The van der Waals surface area contributed by atoms with Crippen LogP contribution in [-0.4, -0.2) is 15.2 Å². The van der Waals surface area contributed by atoms with Crippen LogP contribution in [0, 0.1) is 0 Å². The van der Waals surface area contributed by atoms with E-state index in [0.717, 1.165) is 11.3 Å². The Balaban J connectivity index is 2.55. The van der Waals surface area contributed by atoms with E-state index in [0.29, 0.717) is 5.82 Å². The van der Waals surface area contributed by atoms with Gasteiger partial charge in [0.05, 0.1) is 6.20 Å². The lowest BCUT2D eigenvalue weighted by atomic mass is 10.2. The summed E-state index contributed by atoms with van der Waals surface area (Å²) in [4.78, 5) is 3.05. The van der Waals surface area contributed by atoms with E-state index in [9.17, 15) is 0 Å². The van der Waals surface area contributed by atoms with E-state index in [2.05, 4.69) is 15.2 Å². The molecule has 0 aliphatic rings. The molecule has 2 aromatic heterocycles. The van der Waals surface area contributed by atoms with Crippen molar-refractivity contribution >= 4 is 5.82 Å². The zero-order valence-corrected chi connectivity index (χ0v) is 6.36. The second kappa shape index (κ2) is 2.65. The molecule has 2 aromatic rings. The number of aromatic amines is 1. The topological polar surface area (TPSA) is 67.6 Å². The van der Waals surface area contributed by atoms with E-state index in [4.69, 9.17) is 5.73 Å². The van der Waals surface area contributed by atoms with E-state index in [1.807, 2.05) is 24.4 Å². The van der Waals surface area contributed by atoms with Gasteiger partial charge in [0, 0.05) is 17.5 Å². The van der Waals surface area contributed by atoms with Gasteiger partial charge in [-0.25, -0.2) is 0 Å². The van der Waals surface area contributed by atoms with Crippen LogP contribution < -0.4 is 5.73 Å². The molecule has 0 unspecified atom stereocenters. The Morgan fingerprint density at radius 3 is 2.92 bits per heavy atom. The van der Waals surface area contributed by atoms with Crippen molar-refractivity contribution in [2.24, 2.45) is 0 Å². The zero-order chi connectivity index (χ0) is 8.39. The molecule has 0 amide bonds. The molecule has 2 rings (SSSR count). The number of hydrogen-bond acceptors (Lipinski definition) is 3. The van der Waals surface area contributed by atoms with Gasteiger partial charge in [0.25, 0.3) is 0 Å². The minimum Gasteiger partial charge on any atom is -0.382 e. The molecule has 0 fully saturated rings. The third-order valence-electron chi connectivity index (χ3n) is 1.64. The van der Waals surface area contributed by atoms with Gasteiger partial charge >= 0.3 is 0 Å². The molecule has 4 heteroatoms. The van der Waals surface area contributed by atoms with Crippen LogP contribution in [0.5, 0.6) is 0 Å². The van der Waals surface area contributed by atoms with Gasteiger partial charge in [-0.15, -0.1) is 5.10 Å². The van der Waals surface area contributed by atoms with Gasteiger partial charge in [-0.1, -0.05) is 0 Å². The van der Waals surface area contributed by atoms with Gasteiger partial charge in [-0.3, -0.25) is 0 Å². The highest BCUT2D eigenvalue weighted by molar-refractivity contribution is 5.69. The highest BCUT2D eigenvalue weighted by atomic mass is 15.1. The summed E-state index contributed by atoms with van der Waals surface area (Å²) in [7, 11) is 0. The summed E-state index contributed by atoms with van der Waals surface area (Å²) in [6, 6.07) is 5.68. The largest absolute Gasteiger partial charge is 0.382 e. The van der Waals surface area contributed by atoms with Crippen molar-refractivity contribution in [1.82, 2.24) is 15.2 Å². The van der Waals surface area contributed by atoms with Crippen LogP contribution >= 0.6 is 0 Å². The van der Waals surface area contributed by atoms with Gasteiger partial charge < -0.3 is 10.7 Å². The molecule has 0 saturated heterocycles. The number of nitrogens with two attached hydrogens (primary N) is 1. The molecule has 0 saturated carbocycles. The van der Waals surface area contributed by atoms with E-state index < -0.39 is 0 Å². The molecule has 0 aromatic carbocycles. The minimum atomic E-state index is 0.444. The molecule has 0 radical (unpaired) electrons. The van der Waals surface area contributed by atoms with Crippen LogP contribution in [0.3, 0.4) is 0 Å². The predicted octanol–water partition coefficient (Wildman–Crippen LogP) is 1.05. The predicted molar refractivity (Wildman–Crippen MR) is 46.2 cm³/mol. The monoisotopic (exact) mass is 160 g/mol. The third kappa shape index (κ3) is 1.03. The summed E-state index contributed by atoms with van der Waals surface area (Å²) < 4.78 is 0. The number of nitrogen functional groups attached to an aromatic ring is 1. The van der Waals surface area contributed by atoms with Crippen molar-refractivity contribution in [3.05, 3.63) is 30.6 Å². The zero-order valence-electron chi connectivity index (χ0n) is 6.36. The summed E-state index contributed by atoms with van der Waals surface area (Å²) >= 11 is 0. The van der Waals surface area contributed by atoms with Crippen molar-refractivity contribution in [2.45, 2.75) is 0 Å². The Kier molecular flexibility index (Phi) is 1.51. The Hall–Kier alpha value is -1.84. The molecule has 3 N–H and O–H groups in total. The summed E-state index contributed by atoms with van der Waals surface area (Å²) in [6.07, 6.45) is 3.46. The minimum absolute atomic E-state index is 0.444. The molecule has 12 heavy (non-hydrogen) atoms. The first-order valence-electron chi connectivity index (χ1n) is 3.59. The van der Waals surface area contributed by atoms with Crippen LogP contribution in [0.15, 0.2) is 30.6 Å². The lowest BCUT2D eigenvalue weighted by Crippen LogP contribution is -1.95. The maximum Gasteiger partial charge on any atom is 0.155 e. The highest BCUT2D eigenvalue weighted by Gasteiger charge is 2.02. The van der Waals surface area contributed by atoms with Gasteiger partial charge in [-0.2, -0.15) is 5.10 Å². The molecule has 0 bridgehead atoms. The first-order chi connectivity index (χ1) is 5.88. The van der Waals surface area contributed by atoms with Crippen molar-refractivity contribution < 1.29 is 0 Å². The first-order valence-corrected chi connectivity index (χ1v) is 3.59. The fourth-order valence-electron chi connectivity index (χ4n) is 1.07. The standard InChI is InChI=1S/C8H8N4/c9-8-6(3-5-11-12-8)7-2-1-4-10-7/h1-5,10H,(H2,9,12). The Morgan fingerprint density at radius 1 is 1.33 bits per heavy atom. The molecule has 60 valence electrons. The number of hydrogen-bond donors (Lipinski definition) is 2. The highest BCUT2D eigenvalue weighted by Crippen LogP contribution is 2.20. The smallest absolute Gasteiger partial charge is 0.155 e. The van der Waals surface area contributed by atoms with Crippen LogP contribution in [0.4, 0.5) is 5.82 Å². The van der Waals surface area contributed by atoms with E-state index in [1.54, 1.807) is 6.20 Å². The number of nitrogens with zero attached hydrogens (tertiary/aromatic N) is 2. The lowest BCUT2D eigenvalue weighted by molar-refractivity contribution is 1.04. The molecular weight excluding hydrogens is 152 g/mol. The Labute approximate surface area is 69.4 Å². The number of aromatic nitrogens is 3. The number of anilines is 1. The van der Waals surface area contributed by atoms with Gasteiger partial charge in [0.15, 0.2) is 5.82 Å². The summed E-state index contributed by atoms with van der Waals surface area (Å²) in [6.45, 7) is 0. The van der Waals surface area contributed by atoms with Crippen LogP contribution in [-0.2, 0) is 0 Å². The average Bonchev–Trinajstić information content (AvgIpc) is 2.57. The van der Waals surface area contributed by atoms with Crippen LogP contribution in [0.2, 0.25) is 0 Å². The number of nitrogens with one attached hydrogen (secondary N) is 1. The quantitative estimate of drug-likeness (QED) is 0.655. The fourth-order valence-corrected chi connectivity index (χ4v) is 1.07. The molecule has 4 nitrogen and oxygen atoms in total. The van der Waals surface area contributed by atoms with E-state index in [-0.39, 0.29) is 0 Å². The normalized spacial score (nSPS) is 10.0. The Morgan fingerprint density at radius 2 is 2.25 bits per heavy atom. The maximum absolute atomic E-state index is 5.62. The molecule has 0 atom stereocenters. The summed E-state index contributed by atoms with van der Waals surface area (Å²) in [5.41, 5.74) is 7.46. The van der Waals surface area contributed by atoms with Gasteiger partial charge in [0.1, 0.15) is 0 Å². The van der Waals surface area contributed by atoms with Gasteiger partial charge in [0.2, 0.25) is 0 Å². The molecule has 0 aliphatic heterocycles. The summed E-state index contributed by atoms with van der Waals surface area (Å²) in [5.74, 6) is 0.444. The number of H-pyrrole nitrogens is 1. The second-order valence-electron chi connectivity index (χ2n) is 2.41. The maximum atomic E-state index is 5.62. The van der Waals surface area contributed by atoms with Crippen molar-refractivity contribution in [1.29, 1.82) is 0 Å². The first kappa shape index (κ1) is 6.84. The molecule has 2 heterocycles. The van der Waals surface area contributed by atoms with Crippen molar-refractivity contribution in [3.63, 3.8) is 0 Å². The van der Waals surface area contributed by atoms with Crippen LogP contribution in [0.25, 0.3) is 11.3 Å². The van der Waals surface area contributed by atoms with Crippen molar-refractivity contribution in [2.75, 3.05) is 5.73 Å². The van der Waals surface area contributed by atoms with Crippen molar-refractivity contribution in [3.8, 4) is 11.3 Å².